The highest BCUT2D eigenvalue weighted by atomic mass is 35.5. The van der Waals surface area contributed by atoms with E-state index < -0.39 is 5.97 Å². The van der Waals surface area contributed by atoms with Crippen molar-refractivity contribution in [3.8, 4) is 0 Å². The molecule has 0 bridgehead atoms. The van der Waals surface area contributed by atoms with Gasteiger partial charge in [0, 0.05) is 28.7 Å². The Labute approximate surface area is 188 Å². The lowest BCUT2D eigenvalue weighted by Crippen LogP contribution is -2.29. The second-order valence-corrected chi connectivity index (χ2v) is 8.79. The summed E-state index contributed by atoms with van der Waals surface area (Å²) in [4.78, 5) is 29.0. The molecule has 0 amide bonds. The number of carbonyl (C=O) groups is 1. The van der Waals surface area contributed by atoms with Crippen molar-refractivity contribution < 1.29 is 9.90 Å². The number of carboxylic acid groups (broad SMARTS) is 1. The monoisotopic (exact) mass is 451 g/mol. The largest absolute Gasteiger partial charge is 0.476 e. The molecule has 9 heteroatoms. The second-order valence-electron chi connectivity index (χ2n) is 8.40. The number of rotatable bonds is 4. The van der Waals surface area contributed by atoms with Crippen molar-refractivity contribution in [3.05, 3.63) is 62.8 Å². The molecule has 0 aliphatic carbocycles. The standard InChI is InChI=1S/C23H22ClN5O3/c1-11-8-14(13(3)26-17-4-5-18(24)27-20(17)23(31)32)19-15(9-11)22(30)28-7-6-12(2)29-21(28)16(19)10-25-29/h4-5,8-10,12-13,26H,6-7H2,1-3H3,(H,31,32). The number of aromatic carboxylic acids is 1. The molecular formula is C23H22ClN5O3. The maximum Gasteiger partial charge on any atom is 0.356 e. The minimum atomic E-state index is -1.17. The van der Waals surface area contributed by atoms with Gasteiger partial charge in [0.05, 0.1) is 17.9 Å². The van der Waals surface area contributed by atoms with E-state index in [-0.39, 0.29) is 28.5 Å². The quantitative estimate of drug-likeness (QED) is 0.441. The number of hydrogen-bond donors (Lipinski definition) is 2. The highest BCUT2D eigenvalue weighted by Crippen LogP contribution is 2.35. The fourth-order valence-corrected chi connectivity index (χ4v) is 4.81. The molecule has 1 aliphatic rings. The average Bonchev–Trinajstić information content (AvgIpc) is 3.19. The Kier molecular flexibility index (Phi) is 4.70. The normalized spacial score (nSPS) is 16.4. The van der Waals surface area contributed by atoms with Crippen LogP contribution in [-0.4, -0.2) is 30.4 Å². The molecule has 2 N–H and O–H groups in total. The summed E-state index contributed by atoms with van der Waals surface area (Å²) in [6.07, 6.45) is 2.68. The van der Waals surface area contributed by atoms with Crippen molar-refractivity contribution >= 4 is 45.1 Å². The first-order chi connectivity index (χ1) is 15.3. The fourth-order valence-electron chi connectivity index (χ4n) is 4.66. The van der Waals surface area contributed by atoms with E-state index in [1.807, 2.05) is 41.4 Å². The molecule has 0 saturated carbocycles. The lowest BCUT2D eigenvalue weighted by molar-refractivity contribution is 0.0691. The van der Waals surface area contributed by atoms with Gasteiger partial charge < -0.3 is 10.4 Å². The summed E-state index contributed by atoms with van der Waals surface area (Å²) in [7, 11) is 0. The third-order valence-electron chi connectivity index (χ3n) is 6.17. The van der Waals surface area contributed by atoms with Gasteiger partial charge in [-0.05, 0) is 56.5 Å². The summed E-state index contributed by atoms with van der Waals surface area (Å²) in [6.45, 7) is 6.65. The van der Waals surface area contributed by atoms with Crippen LogP contribution in [0.4, 0.5) is 5.69 Å². The maximum atomic E-state index is 13.4. The van der Waals surface area contributed by atoms with Crippen molar-refractivity contribution in [2.45, 2.75) is 45.8 Å². The van der Waals surface area contributed by atoms with E-state index in [4.69, 9.17) is 11.6 Å². The maximum absolute atomic E-state index is 13.4. The highest BCUT2D eigenvalue weighted by molar-refractivity contribution is 6.29. The summed E-state index contributed by atoms with van der Waals surface area (Å²) in [5, 5.41) is 19.9. The van der Waals surface area contributed by atoms with Gasteiger partial charge in [0.15, 0.2) is 5.69 Å². The number of benzene rings is 1. The molecule has 4 aromatic rings. The zero-order valence-electron chi connectivity index (χ0n) is 17.9. The number of pyridine rings is 2. The number of anilines is 1. The van der Waals surface area contributed by atoms with Crippen molar-refractivity contribution in [1.82, 2.24) is 19.3 Å². The predicted octanol–water partition coefficient (Wildman–Crippen LogP) is 4.54. The van der Waals surface area contributed by atoms with Gasteiger partial charge >= 0.3 is 5.97 Å². The molecule has 1 aliphatic heterocycles. The Bertz CT molecular complexity index is 1470. The van der Waals surface area contributed by atoms with Crippen LogP contribution in [0.3, 0.4) is 0 Å². The molecule has 5 rings (SSSR count). The SMILES string of the molecule is Cc1cc(C(C)Nc2ccc(Cl)nc2C(=O)O)c2c(c1)c(=O)n1c3c2cnn3C(C)CC1. The Hall–Kier alpha value is -3.39. The molecule has 0 saturated heterocycles. The number of carboxylic acids is 1. The minimum Gasteiger partial charge on any atom is -0.476 e. The van der Waals surface area contributed by atoms with Crippen molar-refractivity contribution in [2.24, 2.45) is 0 Å². The summed E-state index contributed by atoms with van der Waals surface area (Å²) in [5.74, 6) is -1.17. The lowest BCUT2D eigenvalue weighted by Gasteiger charge is -2.24. The second kappa shape index (κ2) is 7.34. The predicted molar refractivity (Wildman–Crippen MR) is 124 cm³/mol. The van der Waals surface area contributed by atoms with Crippen molar-refractivity contribution in [2.75, 3.05) is 5.32 Å². The zero-order valence-corrected chi connectivity index (χ0v) is 18.6. The number of nitrogens with one attached hydrogen (secondary N) is 1. The smallest absolute Gasteiger partial charge is 0.356 e. The Morgan fingerprint density at radius 1 is 1.31 bits per heavy atom. The van der Waals surface area contributed by atoms with Crippen LogP contribution in [0.5, 0.6) is 0 Å². The van der Waals surface area contributed by atoms with Gasteiger partial charge in [-0.15, -0.1) is 0 Å². The van der Waals surface area contributed by atoms with Crippen LogP contribution in [-0.2, 0) is 6.54 Å². The van der Waals surface area contributed by atoms with Crippen LogP contribution in [0.25, 0.3) is 21.8 Å². The van der Waals surface area contributed by atoms with Crippen LogP contribution in [0, 0.1) is 6.92 Å². The first-order valence-corrected chi connectivity index (χ1v) is 10.8. The van der Waals surface area contributed by atoms with Crippen LogP contribution in [0.2, 0.25) is 5.15 Å². The number of nitrogens with zero attached hydrogens (tertiary/aromatic N) is 4. The van der Waals surface area contributed by atoms with Crippen LogP contribution >= 0.6 is 11.6 Å². The Balaban J connectivity index is 1.74. The summed E-state index contributed by atoms with van der Waals surface area (Å²) in [5.41, 5.74) is 2.86. The van der Waals surface area contributed by atoms with E-state index in [9.17, 15) is 14.7 Å². The minimum absolute atomic E-state index is 0.0299. The fraction of sp³-hybridized carbons (Fsp3) is 0.304. The Morgan fingerprint density at radius 2 is 2.09 bits per heavy atom. The number of aryl methyl sites for hydroxylation is 2. The third-order valence-corrected chi connectivity index (χ3v) is 6.38. The zero-order chi connectivity index (χ0) is 22.7. The van der Waals surface area contributed by atoms with E-state index in [0.717, 1.165) is 34.0 Å². The van der Waals surface area contributed by atoms with Crippen molar-refractivity contribution in [1.29, 1.82) is 0 Å². The molecule has 2 unspecified atom stereocenters. The van der Waals surface area contributed by atoms with Crippen LogP contribution in [0.1, 0.15) is 54.0 Å². The molecule has 8 nitrogen and oxygen atoms in total. The topological polar surface area (TPSA) is 102 Å². The molecule has 4 heterocycles. The molecule has 0 spiro atoms. The highest BCUT2D eigenvalue weighted by Gasteiger charge is 2.25. The first kappa shape index (κ1) is 20.5. The van der Waals surface area contributed by atoms with Gasteiger partial charge in [-0.3, -0.25) is 9.36 Å². The summed E-state index contributed by atoms with van der Waals surface area (Å²) < 4.78 is 3.74. The van der Waals surface area contributed by atoms with E-state index in [0.29, 0.717) is 17.6 Å². The average molecular weight is 452 g/mol. The number of halogens is 1. The van der Waals surface area contributed by atoms with E-state index in [2.05, 4.69) is 22.3 Å². The van der Waals surface area contributed by atoms with E-state index >= 15 is 0 Å². The van der Waals surface area contributed by atoms with Gasteiger partial charge in [0.1, 0.15) is 10.8 Å². The molecule has 32 heavy (non-hydrogen) atoms. The molecule has 1 aromatic carbocycles. The van der Waals surface area contributed by atoms with Crippen molar-refractivity contribution in [3.63, 3.8) is 0 Å². The van der Waals surface area contributed by atoms with Gasteiger partial charge in [-0.2, -0.15) is 5.10 Å². The number of fused-ring (bicyclic) bond motifs is 2. The van der Waals surface area contributed by atoms with E-state index in [1.165, 1.54) is 0 Å². The molecule has 3 aromatic heterocycles. The van der Waals surface area contributed by atoms with Gasteiger partial charge in [-0.1, -0.05) is 17.7 Å². The molecular weight excluding hydrogens is 430 g/mol. The molecule has 164 valence electrons. The number of hydrogen-bond acceptors (Lipinski definition) is 5. The summed E-state index contributed by atoms with van der Waals surface area (Å²) in [6, 6.07) is 7.00. The first-order valence-electron chi connectivity index (χ1n) is 10.5. The molecule has 2 atom stereocenters. The molecule has 0 radical (unpaired) electrons. The summed E-state index contributed by atoms with van der Waals surface area (Å²) >= 11 is 5.90. The Morgan fingerprint density at radius 3 is 2.84 bits per heavy atom. The van der Waals surface area contributed by atoms with Gasteiger partial charge in [0.25, 0.3) is 5.56 Å². The number of aromatic nitrogens is 4. The molecule has 0 fully saturated rings. The van der Waals surface area contributed by atoms with Crippen LogP contribution < -0.4 is 10.9 Å². The van der Waals surface area contributed by atoms with E-state index in [1.54, 1.807) is 12.1 Å². The van der Waals surface area contributed by atoms with Gasteiger partial charge in [-0.25, -0.2) is 14.5 Å². The lowest BCUT2D eigenvalue weighted by atomic mass is 9.95. The van der Waals surface area contributed by atoms with Gasteiger partial charge in [0.2, 0.25) is 0 Å². The third kappa shape index (κ3) is 3.05. The van der Waals surface area contributed by atoms with Crippen LogP contribution in [0.15, 0.2) is 35.3 Å².